The number of aromatic nitrogens is 3. The number of nitrogens with one attached hydrogen (secondary N) is 1. The van der Waals surface area contributed by atoms with Crippen LogP contribution >= 0.6 is 11.8 Å². The molecule has 4 aromatic rings. The molecule has 0 saturated heterocycles. The van der Waals surface area contributed by atoms with E-state index in [1.54, 1.807) is 13.0 Å². The normalized spacial score (nSPS) is 10.7. The average molecular weight is 460 g/mol. The molecule has 0 radical (unpaired) electrons. The summed E-state index contributed by atoms with van der Waals surface area (Å²) in [4.78, 5) is 23.2. The van der Waals surface area contributed by atoms with E-state index >= 15 is 0 Å². The second-order valence-electron chi connectivity index (χ2n) is 7.44. The third-order valence-corrected chi connectivity index (χ3v) is 5.92. The van der Waals surface area contributed by atoms with Crippen LogP contribution < -0.4 is 5.32 Å². The highest BCUT2D eigenvalue weighted by Gasteiger charge is 2.18. The zero-order chi connectivity index (χ0) is 23.4. The molecule has 0 aliphatic rings. The van der Waals surface area contributed by atoms with E-state index in [1.807, 2.05) is 66.1 Å². The van der Waals surface area contributed by atoms with E-state index in [1.165, 1.54) is 23.9 Å². The Morgan fingerprint density at radius 1 is 1.03 bits per heavy atom. The number of anilines is 1. The molecular weight excluding hydrogens is 438 g/mol. The van der Waals surface area contributed by atoms with Crippen molar-refractivity contribution in [1.82, 2.24) is 14.8 Å². The van der Waals surface area contributed by atoms with Crippen LogP contribution in [0.2, 0.25) is 0 Å². The number of benzene rings is 3. The van der Waals surface area contributed by atoms with Crippen molar-refractivity contribution in [3.63, 3.8) is 0 Å². The predicted octanol–water partition coefficient (Wildman–Crippen LogP) is 5.19. The summed E-state index contributed by atoms with van der Waals surface area (Å²) in [5.41, 5.74) is 4.03. The summed E-state index contributed by atoms with van der Waals surface area (Å²) < 4.78 is 1.92. The van der Waals surface area contributed by atoms with Crippen molar-refractivity contribution in [2.24, 2.45) is 0 Å². The molecule has 0 aliphatic carbocycles. The number of rotatable bonds is 7. The molecular formula is C24H21N5O3S. The summed E-state index contributed by atoms with van der Waals surface area (Å²) in [5, 5.41) is 23.1. The molecule has 0 aliphatic heterocycles. The lowest BCUT2D eigenvalue weighted by atomic mass is 10.1. The first-order valence-electron chi connectivity index (χ1n) is 10.2. The van der Waals surface area contributed by atoms with Crippen LogP contribution in [0.15, 0.2) is 78.0 Å². The minimum Gasteiger partial charge on any atom is -0.325 e. The molecule has 0 saturated carbocycles. The molecule has 4 rings (SSSR count). The standard InChI is InChI=1S/C24H21N5O3S/c1-16-8-11-18(12-9-16)23-26-27-24(28(23)19-6-4-3-5-7-19)33-15-22(30)25-21-14-20(29(31)32)13-10-17(21)2/h3-14H,15H2,1-2H3,(H,25,30). The van der Waals surface area contributed by atoms with E-state index in [9.17, 15) is 14.9 Å². The molecule has 1 N–H and O–H groups in total. The SMILES string of the molecule is Cc1ccc(-c2nnc(SCC(=O)Nc3cc([N+](=O)[O-])ccc3C)n2-c2ccccc2)cc1. The van der Waals surface area contributed by atoms with Gasteiger partial charge in [-0.25, -0.2) is 0 Å². The Bertz CT molecular complexity index is 1300. The number of thioether (sulfide) groups is 1. The number of non-ortho nitro benzene ring substituents is 1. The van der Waals surface area contributed by atoms with Gasteiger partial charge >= 0.3 is 0 Å². The van der Waals surface area contributed by atoms with Crippen LogP contribution in [0.3, 0.4) is 0 Å². The fourth-order valence-corrected chi connectivity index (χ4v) is 3.99. The number of nitro groups is 1. The van der Waals surface area contributed by atoms with Crippen molar-refractivity contribution in [3.8, 4) is 17.1 Å². The van der Waals surface area contributed by atoms with Gasteiger partial charge in [-0.05, 0) is 31.5 Å². The maximum atomic E-state index is 12.6. The quantitative estimate of drug-likeness (QED) is 0.232. The molecule has 1 heterocycles. The molecule has 0 unspecified atom stereocenters. The Labute approximate surface area is 194 Å². The van der Waals surface area contributed by atoms with Gasteiger partial charge in [-0.3, -0.25) is 19.5 Å². The first kappa shape index (κ1) is 22.2. The first-order valence-corrected chi connectivity index (χ1v) is 11.2. The van der Waals surface area contributed by atoms with Gasteiger partial charge in [0.1, 0.15) is 0 Å². The molecule has 0 bridgehead atoms. The van der Waals surface area contributed by atoms with Crippen LogP contribution in [0.4, 0.5) is 11.4 Å². The third kappa shape index (κ3) is 5.09. The first-order chi connectivity index (χ1) is 15.9. The number of hydrogen-bond acceptors (Lipinski definition) is 6. The van der Waals surface area contributed by atoms with Gasteiger partial charge in [0.15, 0.2) is 11.0 Å². The molecule has 1 aromatic heterocycles. The van der Waals surface area contributed by atoms with Gasteiger partial charge < -0.3 is 5.32 Å². The molecule has 3 aromatic carbocycles. The Kier molecular flexibility index (Phi) is 6.50. The number of para-hydroxylation sites is 1. The van der Waals surface area contributed by atoms with Crippen LogP contribution in [0.5, 0.6) is 0 Å². The average Bonchev–Trinajstić information content (AvgIpc) is 3.24. The molecule has 0 atom stereocenters. The van der Waals surface area contributed by atoms with E-state index in [4.69, 9.17) is 0 Å². The summed E-state index contributed by atoms with van der Waals surface area (Å²) in [5.74, 6) is 0.461. The van der Waals surface area contributed by atoms with Crippen molar-refractivity contribution < 1.29 is 9.72 Å². The minimum absolute atomic E-state index is 0.0704. The number of nitro benzene ring substituents is 1. The van der Waals surface area contributed by atoms with Gasteiger partial charge in [0.25, 0.3) is 5.69 Å². The lowest BCUT2D eigenvalue weighted by Crippen LogP contribution is -2.15. The van der Waals surface area contributed by atoms with E-state index < -0.39 is 4.92 Å². The highest BCUT2D eigenvalue weighted by atomic mass is 32.2. The van der Waals surface area contributed by atoms with E-state index in [2.05, 4.69) is 15.5 Å². The van der Waals surface area contributed by atoms with E-state index in [0.717, 1.165) is 22.4 Å². The maximum absolute atomic E-state index is 12.6. The Balaban J connectivity index is 1.57. The Morgan fingerprint density at radius 2 is 1.76 bits per heavy atom. The van der Waals surface area contributed by atoms with Crippen molar-refractivity contribution in [2.75, 3.05) is 11.1 Å². The Hall–Kier alpha value is -3.98. The zero-order valence-corrected chi connectivity index (χ0v) is 18.9. The van der Waals surface area contributed by atoms with Crippen molar-refractivity contribution in [3.05, 3.63) is 94.0 Å². The monoisotopic (exact) mass is 459 g/mol. The molecule has 8 nitrogen and oxygen atoms in total. The topological polar surface area (TPSA) is 103 Å². The van der Waals surface area contributed by atoms with Crippen LogP contribution in [0.25, 0.3) is 17.1 Å². The van der Waals surface area contributed by atoms with Crippen molar-refractivity contribution in [2.45, 2.75) is 19.0 Å². The summed E-state index contributed by atoms with van der Waals surface area (Å²) >= 11 is 1.25. The van der Waals surface area contributed by atoms with Crippen molar-refractivity contribution >= 4 is 29.0 Å². The van der Waals surface area contributed by atoms with E-state index in [-0.39, 0.29) is 17.3 Å². The maximum Gasteiger partial charge on any atom is 0.271 e. The number of carbonyl (C=O) groups excluding carboxylic acids is 1. The van der Waals surface area contributed by atoms with Gasteiger partial charge in [0, 0.05) is 23.4 Å². The minimum atomic E-state index is -0.487. The second-order valence-corrected chi connectivity index (χ2v) is 8.38. The van der Waals surface area contributed by atoms with Gasteiger partial charge in [0.05, 0.1) is 16.4 Å². The zero-order valence-electron chi connectivity index (χ0n) is 18.1. The number of amides is 1. The van der Waals surface area contributed by atoms with Gasteiger partial charge in [-0.2, -0.15) is 0 Å². The fraction of sp³-hybridized carbons (Fsp3) is 0.125. The summed E-state index contributed by atoms with van der Waals surface area (Å²) in [7, 11) is 0. The highest BCUT2D eigenvalue weighted by molar-refractivity contribution is 7.99. The smallest absolute Gasteiger partial charge is 0.271 e. The summed E-state index contributed by atoms with van der Waals surface area (Å²) in [6.07, 6.45) is 0. The summed E-state index contributed by atoms with van der Waals surface area (Å²) in [6, 6.07) is 22.1. The highest BCUT2D eigenvalue weighted by Crippen LogP contribution is 2.28. The van der Waals surface area contributed by atoms with Crippen LogP contribution in [0.1, 0.15) is 11.1 Å². The van der Waals surface area contributed by atoms with Crippen LogP contribution in [0, 0.1) is 24.0 Å². The predicted molar refractivity (Wildman–Crippen MR) is 129 cm³/mol. The van der Waals surface area contributed by atoms with Crippen molar-refractivity contribution in [1.29, 1.82) is 0 Å². The van der Waals surface area contributed by atoms with Gasteiger partial charge in [-0.15, -0.1) is 10.2 Å². The number of nitrogens with zero attached hydrogens (tertiary/aromatic N) is 4. The molecule has 1 amide bonds. The Morgan fingerprint density at radius 3 is 2.45 bits per heavy atom. The molecule has 166 valence electrons. The lowest BCUT2D eigenvalue weighted by Gasteiger charge is -2.11. The third-order valence-electron chi connectivity index (χ3n) is 5.00. The van der Waals surface area contributed by atoms with Crippen LogP contribution in [-0.2, 0) is 4.79 Å². The number of aryl methyl sites for hydroxylation is 2. The molecule has 0 spiro atoms. The summed E-state index contributed by atoms with van der Waals surface area (Å²) in [6.45, 7) is 3.81. The van der Waals surface area contributed by atoms with Gasteiger partial charge in [0.2, 0.25) is 5.91 Å². The largest absolute Gasteiger partial charge is 0.325 e. The molecule has 0 fully saturated rings. The van der Waals surface area contributed by atoms with E-state index in [0.29, 0.717) is 16.7 Å². The lowest BCUT2D eigenvalue weighted by molar-refractivity contribution is -0.384. The second kappa shape index (κ2) is 9.66. The fourth-order valence-electron chi connectivity index (χ4n) is 3.24. The number of hydrogen-bond donors (Lipinski definition) is 1. The number of carbonyl (C=O) groups is 1. The van der Waals surface area contributed by atoms with Gasteiger partial charge in [-0.1, -0.05) is 65.9 Å². The molecule has 33 heavy (non-hydrogen) atoms. The van der Waals surface area contributed by atoms with Crippen LogP contribution in [-0.4, -0.2) is 31.3 Å². The molecule has 9 heteroatoms.